The summed E-state index contributed by atoms with van der Waals surface area (Å²) < 4.78 is 18.6. The average Bonchev–Trinajstić information content (AvgIpc) is 3.85. The second kappa shape index (κ2) is 19.2. The zero-order valence-electron chi connectivity index (χ0n) is 34.9. The molecular formula is C48H49BBr2N6O3. The van der Waals surface area contributed by atoms with Gasteiger partial charge in [-0.25, -0.2) is 9.97 Å². The summed E-state index contributed by atoms with van der Waals surface area (Å²) in [7, 11) is 5.62. The number of anilines is 2. The molecular weight excluding hydrogens is 879 g/mol. The van der Waals surface area contributed by atoms with Crippen LogP contribution in [0.5, 0.6) is 0 Å². The number of hydrogen-bond acceptors (Lipinski definition) is 7. The molecule has 0 amide bonds. The van der Waals surface area contributed by atoms with Crippen LogP contribution in [-0.2, 0) is 23.4 Å². The molecule has 0 aliphatic carbocycles. The highest BCUT2D eigenvalue weighted by atomic mass is 79.9. The van der Waals surface area contributed by atoms with Crippen molar-refractivity contribution in [2.75, 3.05) is 18.1 Å². The van der Waals surface area contributed by atoms with Crippen LogP contribution in [0.4, 0.5) is 11.4 Å². The number of rotatable bonds is 5. The monoisotopic (exact) mass is 926 g/mol. The average molecular weight is 929 g/mol. The van der Waals surface area contributed by atoms with Crippen molar-refractivity contribution < 1.29 is 14.1 Å². The molecule has 1 saturated heterocycles. The van der Waals surface area contributed by atoms with Crippen LogP contribution in [-0.4, -0.2) is 50.8 Å². The van der Waals surface area contributed by atoms with E-state index in [1.165, 1.54) is 0 Å². The fourth-order valence-corrected chi connectivity index (χ4v) is 6.97. The number of aryl methyl sites for hydroxylation is 2. The number of nitrogens with zero attached hydrogens (tertiary/aromatic N) is 4. The standard InChI is InChI=1S/C20H23BN2O2.C14H11BrN2.C7H5BrO.C7H10N2/c1-19(2)20(3,4)25-21(24-19)15-12-10-14(11-13-15)18-22-16-8-6-7-9-17(16)23(18)5;1-17-13-5-3-2-4-12(13)16-14(17)10-6-8-11(15)9-7-10;8-7-3-1-6(5-9)2-4-7;1-9-7-5-3-2-4-6(7)8/h6-13H,1-5H3;2-9H,1H3;1-5H;2-5,9H,8H2,1H3. The summed E-state index contributed by atoms with van der Waals surface area (Å²) in [6.07, 6.45) is 0.826. The van der Waals surface area contributed by atoms with Crippen molar-refractivity contribution in [2.45, 2.75) is 38.9 Å². The highest BCUT2D eigenvalue weighted by Gasteiger charge is 2.51. The van der Waals surface area contributed by atoms with Gasteiger partial charge in [0.25, 0.3) is 0 Å². The largest absolute Gasteiger partial charge is 0.494 e. The summed E-state index contributed by atoms with van der Waals surface area (Å²) in [5, 5.41) is 2.97. The molecule has 6 aromatic carbocycles. The molecule has 1 fully saturated rings. The van der Waals surface area contributed by atoms with E-state index in [-0.39, 0.29) is 18.3 Å². The molecule has 0 unspecified atom stereocenters. The van der Waals surface area contributed by atoms with Crippen LogP contribution >= 0.6 is 31.9 Å². The third kappa shape index (κ3) is 10.2. The minimum absolute atomic E-state index is 0.326. The molecule has 3 N–H and O–H groups in total. The summed E-state index contributed by atoms with van der Waals surface area (Å²) in [5.41, 5.74) is 15.0. The lowest BCUT2D eigenvalue weighted by atomic mass is 9.79. The third-order valence-electron chi connectivity index (χ3n) is 10.6. The second-order valence-corrected chi connectivity index (χ2v) is 17.0. The fourth-order valence-electron chi connectivity index (χ4n) is 6.44. The van der Waals surface area contributed by atoms with E-state index in [0.717, 1.165) is 76.9 Å². The van der Waals surface area contributed by atoms with E-state index in [1.54, 1.807) is 12.1 Å². The lowest BCUT2D eigenvalue weighted by Gasteiger charge is -2.32. The van der Waals surface area contributed by atoms with Gasteiger partial charge in [-0.3, -0.25) is 4.79 Å². The van der Waals surface area contributed by atoms with Gasteiger partial charge < -0.3 is 29.5 Å². The summed E-state index contributed by atoms with van der Waals surface area (Å²) in [5.74, 6) is 1.96. The molecule has 0 spiro atoms. The molecule has 0 radical (unpaired) electrons. The number of aldehydes is 1. The van der Waals surface area contributed by atoms with Gasteiger partial charge in [0.2, 0.25) is 0 Å². The number of aromatic nitrogens is 4. The number of benzene rings is 6. The van der Waals surface area contributed by atoms with Crippen LogP contribution in [0.25, 0.3) is 44.8 Å². The summed E-state index contributed by atoms with van der Waals surface area (Å²) in [6.45, 7) is 8.28. The molecule has 0 saturated carbocycles. The number of nitrogens with two attached hydrogens (primary N) is 1. The van der Waals surface area contributed by atoms with Crippen LogP contribution in [0.1, 0.15) is 38.1 Å². The minimum Gasteiger partial charge on any atom is -0.399 e. The topological polar surface area (TPSA) is 109 Å². The van der Waals surface area contributed by atoms with E-state index >= 15 is 0 Å². The zero-order valence-corrected chi connectivity index (χ0v) is 38.0. The number of fused-ring (bicyclic) bond motifs is 2. The Balaban J connectivity index is 0.000000148. The van der Waals surface area contributed by atoms with E-state index in [2.05, 4.69) is 128 Å². The van der Waals surface area contributed by atoms with Crippen LogP contribution in [0.15, 0.2) is 155 Å². The number of hydrogen-bond donors (Lipinski definition) is 2. The number of carbonyl (C=O) groups is 1. The molecule has 306 valence electrons. The van der Waals surface area contributed by atoms with E-state index < -0.39 is 0 Å². The Morgan fingerprint density at radius 1 is 0.617 bits per heavy atom. The predicted octanol–water partition coefficient (Wildman–Crippen LogP) is 11.1. The molecule has 8 aromatic rings. The van der Waals surface area contributed by atoms with Crippen molar-refractivity contribution in [2.24, 2.45) is 14.1 Å². The van der Waals surface area contributed by atoms with Crippen LogP contribution in [0, 0.1) is 0 Å². The molecule has 1 aliphatic heterocycles. The van der Waals surface area contributed by atoms with Gasteiger partial charge in [-0.15, -0.1) is 0 Å². The number of carbonyl (C=O) groups excluding carboxylic acids is 1. The Bertz CT molecular complexity index is 2660. The van der Waals surface area contributed by atoms with Gasteiger partial charge in [-0.2, -0.15) is 0 Å². The van der Waals surface area contributed by atoms with Gasteiger partial charge in [-0.1, -0.05) is 117 Å². The van der Waals surface area contributed by atoms with Crippen molar-refractivity contribution in [3.8, 4) is 22.8 Å². The first-order chi connectivity index (χ1) is 28.7. The predicted molar refractivity (Wildman–Crippen MR) is 256 cm³/mol. The van der Waals surface area contributed by atoms with Crippen molar-refractivity contribution in [3.05, 3.63) is 160 Å². The third-order valence-corrected chi connectivity index (χ3v) is 11.7. The lowest BCUT2D eigenvalue weighted by molar-refractivity contribution is 0.00578. The van der Waals surface area contributed by atoms with Gasteiger partial charge in [0.05, 0.1) is 44.6 Å². The van der Waals surface area contributed by atoms with Gasteiger partial charge in [0, 0.05) is 46.8 Å². The van der Waals surface area contributed by atoms with Crippen molar-refractivity contribution >= 4 is 84.2 Å². The molecule has 0 atom stereocenters. The highest BCUT2D eigenvalue weighted by Crippen LogP contribution is 2.36. The van der Waals surface area contributed by atoms with Gasteiger partial charge in [0.1, 0.15) is 17.9 Å². The maximum Gasteiger partial charge on any atom is 0.494 e. The quantitative estimate of drug-likeness (QED) is 0.100. The van der Waals surface area contributed by atoms with Crippen molar-refractivity contribution in [1.82, 2.24) is 19.1 Å². The smallest absolute Gasteiger partial charge is 0.399 e. The molecule has 0 bridgehead atoms. The maximum atomic E-state index is 10.1. The van der Waals surface area contributed by atoms with E-state index in [4.69, 9.17) is 20.0 Å². The molecule has 1 aliphatic rings. The first kappa shape index (κ1) is 44.0. The van der Waals surface area contributed by atoms with Crippen molar-refractivity contribution in [1.29, 1.82) is 0 Å². The lowest BCUT2D eigenvalue weighted by Crippen LogP contribution is -2.41. The Morgan fingerprint density at radius 3 is 1.45 bits per heavy atom. The van der Waals surface area contributed by atoms with Crippen LogP contribution < -0.4 is 16.5 Å². The Labute approximate surface area is 369 Å². The van der Waals surface area contributed by atoms with Crippen LogP contribution in [0.2, 0.25) is 0 Å². The van der Waals surface area contributed by atoms with Gasteiger partial charge >= 0.3 is 7.12 Å². The molecule has 9 nitrogen and oxygen atoms in total. The molecule has 2 aromatic heterocycles. The maximum absolute atomic E-state index is 10.1. The Morgan fingerprint density at radius 2 is 1.03 bits per heavy atom. The first-order valence-corrected chi connectivity index (χ1v) is 21.1. The molecule has 60 heavy (non-hydrogen) atoms. The summed E-state index contributed by atoms with van der Waals surface area (Å²) in [6, 6.07) is 47.7. The minimum atomic E-state index is -0.334. The SMILES string of the molecule is CNc1ccccc1N.Cn1c(-c2ccc(B3OC(C)(C)C(C)(C)O3)cc2)nc2ccccc21.Cn1c(-c2ccc(Br)cc2)nc2ccccc21.O=Cc1ccc(Br)cc1. The number of nitrogen functional groups attached to an aromatic ring is 1. The normalized spacial score (nSPS) is 13.7. The van der Waals surface area contributed by atoms with Crippen LogP contribution in [0.3, 0.4) is 0 Å². The number of halogens is 2. The van der Waals surface area contributed by atoms with E-state index in [9.17, 15) is 4.79 Å². The molecule has 12 heteroatoms. The zero-order chi connectivity index (χ0) is 43.0. The molecule has 3 heterocycles. The Hall–Kier alpha value is -5.53. The summed E-state index contributed by atoms with van der Waals surface area (Å²) in [4.78, 5) is 19.5. The highest BCUT2D eigenvalue weighted by molar-refractivity contribution is 9.10. The number of nitrogens with one attached hydrogen (secondary N) is 1. The van der Waals surface area contributed by atoms with E-state index in [0.29, 0.717) is 5.56 Å². The van der Waals surface area contributed by atoms with Gasteiger partial charge in [0.15, 0.2) is 0 Å². The first-order valence-electron chi connectivity index (χ1n) is 19.5. The Kier molecular flexibility index (Phi) is 14.1. The number of para-hydroxylation sites is 6. The molecule has 9 rings (SSSR count). The second-order valence-electron chi connectivity index (χ2n) is 15.2. The summed E-state index contributed by atoms with van der Waals surface area (Å²) >= 11 is 6.70. The van der Waals surface area contributed by atoms with E-state index in [1.807, 2.05) is 106 Å². The van der Waals surface area contributed by atoms with Gasteiger partial charge in [-0.05, 0) is 93.8 Å². The fraction of sp³-hybridized carbons (Fsp3) is 0.188. The van der Waals surface area contributed by atoms with Crippen molar-refractivity contribution in [3.63, 3.8) is 0 Å². The number of imidazole rings is 2.